The molecule has 194 valence electrons. The Bertz CT molecular complexity index is 1170. The van der Waals surface area contributed by atoms with Gasteiger partial charge < -0.3 is 14.7 Å². The van der Waals surface area contributed by atoms with Crippen LogP contribution in [-0.2, 0) is 27.2 Å². The third kappa shape index (κ3) is 4.53. The molecule has 1 aliphatic carbocycles. The molecule has 37 heavy (non-hydrogen) atoms. The summed E-state index contributed by atoms with van der Waals surface area (Å²) in [6, 6.07) is 12.1. The number of fused-ring (bicyclic) bond motifs is 1. The number of pyridine rings is 1. The van der Waals surface area contributed by atoms with Gasteiger partial charge in [0.05, 0.1) is 12.0 Å². The van der Waals surface area contributed by atoms with E-state index < -0.39 is 0 Å². The number of hydrogen-bond donors (Lipinski definition) is 0. The number of aromatic nitrogens is 1. The van der Waals surface area contributed by atoms with Crippen LogP contribution in [0, 0.1) is 17.3 Å². The van der Waals surface area contributed by atoms with E-state index in [1.807, 2.05) is 17.0 Å². The standard InChI is InChI=1S/C30H36N4O3/c1-32-26(35)18-25(28(32)24-7-4-11-31-19-24)29(37)34-14-10-30(20-34)8-12-33(13-9-30)27(36)17-21-15-22-5-2-3-6-23(22)16-21/h2-7,11,19,21,25,28H,8-10,12-18,20H2,1H3/t25-,28+/m1/s1. The molecule has 0 radical (unpaired) electrons. The number of carbonyl (C=O) groups is 3. The number of amides is 3. The lowest BCUT2D eigenvalue weighted by Gasteiger charge is -2.39. The Morgan fingerprint density at radius 3 is 2.27 bits per heavy atom. The molecule has 0 bridgehead atoms. The van der Waals surface area contributed by atoms with Gasteiger partial charge in [-0.05, 0) is 66.2 Å². The molecule has 1 aromatic carbocycles. The molecule has 7 nitrogen and oxygen atoms in total. The van der Waals surface area contributed by atoms with Gasteiger partial charge in [-0.25, -0.2) is 0 Å². The highest BCUT2D eigenvalue weighted by molar-refractivity contribution is 5.90. The minimum Gasteiger partial charge on any atom is -0.343 e. The Kier molecular flexibility index (Phi) is 6.25. The summed E-state index contributed by atoms with van der Waals surface area (Å²) in [6.45, 7) is 3.04. The predicted molar refractivity (Wildman–Crippen MR) is 139 cm³/mol. The van der Waals surface area contributed by atoms with Gasteiger partial charge in [-0.3, -0.25) is 19.4 Å². The van der Waals surface area contributed by atoms with Crippen molar-refractivity contribution < 1.29 is 14.4 Å². The average molecular weight is 501 g/mol. The van der Waals surface area contributed by atoms with Gasteiger partial charge in [0.15, 0.2) is 0 Å². The molecular formula is C30H36N4O3. The monoisotopic (exact) mass is 500 g/mol. The maximum atomic E-state index is 13.7. The molecule has 6 rings (SSSR count). The lowest BCUT2D eigenvalue weighted by molar-refractivity contribution is -0.137. The topological polar surface area (TPSA) is 73.8 Å². The molecule has 0 N–H and O–H groups in total. The van der Waals surface area contributed by atoms with E-state index in [0.29, 0.717) is 12.3 Å². The van der Waals surface area contributed by atoms with Gasteiger partial charge in [-0.15, -0.1) is 0 Å². The van der Waals surface area contributed by atoms with Crippen molar-refractivity contribution in [3.63, 3.8) is 0 Å². The molecule has 3 amide bonds. The zero-order valence-corrected chi connectivity index (χ0v) is 21.6. The molecule has 3 saturated heterocycles. The van der Waals surface area contributed by atoms with Crippen molar-refractivity contribution in [2.45, 2.75) is 51.0 Å². The molecule has 4 aliphatic rings. The van der Waals surface area contributed by atoms with Crippen molar-refractivity contribution in [3.8, 4) is 0 Å². The van der Waals surface area contributed by atoms with Crippen LogP contribution in [0.2, 0.25) is 0 Å². The molecule has 1 spiro atoms. The number of carbonyl (C=O) groups excluding carboxylic acids is 3. The van der Waals surface area contributed by atoms with E-state index in [9.17, 15) is 14.4 Å². The lowest BCUT2D eigenvalue weighted by Crippen LogP contribution is -2.45. The number of piperidine rings is 1. The van der Waals surface area contributed by atoms with Crippen molar-refractivity contribution in [1.29, 1.82) is 0 Å². The second-order valence-corrected chi connectivity index (χ2v) is 11.7. The highest BCUT2D eigenvalue weighted by Gasteiger charge is 2.48. The van der Waals surface area contributed by atoms with Gasteiger partial charge in [0, 0.05) is 58.5 Å². The summed E-state index contributed by atoms with van der Waals surface area (Å²) in [6.07, 6.45) is 9.26. The first-order valence-corrected chi connectivity index (χ1v) is 13.7. The van der Waals surface area contributed by atoms with E-state index in [2.05, 4.69) is 34.1 Å². The van der Waals surface area contributed by atoms with Crippen LogP contribution >= 0.6 is 0 Å². The fraction of sp³-hybridized carbons (Fsp3) is 0.533. The van der Waals surface area contributed by atoms with Gasteiger partial charge in [0.1, 0.15) is 0 Å². The summed E-state index contributed by atoms with van der Waals surface area (Å²) in [7, 11) is 1.79. The van der Waals surface area contributed by atoms with Crippen LogP contribution in [-0.4, -0.2) is 70.6 Å². The largest absolute Gasteiger partial charge is 0.343 e. The van der Waals surface area contributed by atoms with Crippen LogP contribution in [0.3, 0.4) is 0 Å². The summed E-state index contributed by atoms with van der Waals surface area (Å²) in [5.41, 5.74) is 3.80. The second-order valence-electron chi connectivity index (χ2n) is 11.7. The highest BCUT2D eigenvalue weighted by Crippen LogP contribution is 2.44. The molecule has 3 fully saturated rings. The molecule has 2 atom stereocenters. The molecule has 0 saturated carbocycles. The summed E-state index contributed by atoms with van der Waals surface area (Å²) in [5, 5.41) is 0. The van der Waals surface area contributed by atoms with Crippen molar-refractivity contribution in [1.82, 2.24) is 19.7 Å². The Hall–Kier alpha value is -3.22. The minimum atomic E-state index is -0.367. The molecule has 2 aromatic rings. The van der Waals surface area contributed by atoms with Crippen molar-refractivity contribution in [2.24, 2.45) is 17.3 Å². The third-order valence-corrected chi connectivity index (χ3v) is 9.46. The molecule has 4 heterocycles. The molecule has 3 aliphatic heterocycles. The molecule has 1 aromatic heterocycles. The van der Waals surface area contributed by atoms with Gasteiger partial charge in [-0.1, -0.05) is 30.3 Å². The molecular weight excluding hydrogens is 464 g/mol. The lowest BCUT2D eigenvalue weighted by atomic mass is 9.77. The first-order valence-electron chi connectivity index (χ1n) is 13.7. The Morgan fingerprint density at radius 2 is 1.62 bits per heavy atom. The maximum Gasteiger partial charge on any atom is 0.228 e. The summed E-state index contributed by atoms with van der Waals surface area (Å²) >= 11 is 0. The van der Waals surface area contributed by atoms with Crippen LogP contribution < -0.4 is 0 Å². The Labute approximate surface area is 218 Å². The van der Waals surface area contributed by atoms with Gasteiger partial charge >= 0.3 is 0 Å². The van der Waals surface area contributed by atoms with Gasteiger partial charge in [0.2, 0.25) is 17.7 Å². The minimum absolute atomic E-state index is 0.0123. The van der Waals surface area contributed by atoms with Crippen molar-refractivity contribution in [2.75, 3.05) is 33.2 Å². The van der Waals surface area contributed by atoms with E-state index in [0.717, 1.165) is 63.8 Å². The number of likely N-dealkylation sites (tertiary alicyclic amines) is 3. The smallest absolute Gasteiger partial charge is 0.228 e. The predicted octanol–water partition coefficient (Wildman–Crippen LogP) is 3.25. The molecule has 0 unspecified atom stereocenters. The van der Waals surface area contributed by atoms with Gasteiger partial charge in [-0.2, -0.15) is 0 Å². The second kappa shape index (κ2) is 9.58. The summed E-state index contributed by atoms with van der Waals surface area (Å²) in [4.78, 5) is 49.3. The van der Waals surface area contributed by atoms with E-state index >= 15 is 0 Å². The zero-order chi connectivity index (χ0) is 25.6. The Morgan fingerprint density at radius 1 is 0.946 bits per heavy atom. The van der Waals surface area contributed by atoms with Crippen LogP contribution in [0.4, 0.5) is 0 Å². The fourth-order valence-electron chi connectivity index (χ4n) is 7.26. The van der Waals surface area contributed by atoms with E-state index in [1.54, 1.807) is 24.3 Å². The normalized spacial score (nSPS) is 25.2. The third-order valence-electron chi connectivity index (χ3n) is 9.46. The van der Waals surface area contributed by atoms with E-state index in [1.165, 1.54) is 11.1 Å². The molecule has 7 heteroatoms. The van der Waals surface area contributed by atoms with Crippen molar-refractivity contribution in [3.05, 3.63) is 65.5 Å². The van der Waals surface area contributed by atoms with Crippen molar-refractivity contribution >= 4 is 17.7 Å². The first-order chi connectivity index (χ1) is 17.9. The summed E-state index contributed by atoms with van der Waals surface area (Å²) in [5.74, 6) is 0.431. The SMILES string of the molecule is CN1C(=O)C[C@@H](C(=O)N2CCC3(CCN(C(=O)CC4Cc5ccccc5C4)CC3)C2)[C@@H]1c1cccnc1. The number of benzene rings is 1. The average Bonchev–Trinajstić information content (AvgIpc) is 3.60. The van der Waals surface area contributed by atoms with Crippen LogP contribution in [0.25, 0.3) is 0 Å². The number of nitrogens with zero attached hydrogens (tertiary/aromatic N) is 4. The van der Waals surface area contributed by atoms with Crippen LogP contribution in [0.15, 0.2) is 48.8 Å². The summed E-state index contributed by atoms with van der Waals surface area (Å²) < 4.78 is 0. The zero-order valence-electron chi connectivity index (χ0n) is 21.6. The van der Waals surface area contributed by atoms with E-state index in [4.69, 9.17) is 0 Å². The highest BCUT2D eigenvalue weighted by atomic mass is 16.2. The number of hydrogen-bond acceptors (Lipinski definition) is 4. The van der Waals surface area contributed by atoms with Crippen LogP contribution in [0.1, 0.15) is 54.8 Å². The number of rotatable bonds is 4. The quantitative estimate of drug-likeness (QED) is 0.646. The van der Waals surface area contributed by atoms with Gasteiger partial charge in [0.25, 0.3) is 0 Å². The fourth-order valence-corrected chi connectivity index (χ4v) is 7.26. The van der Waals surface area contributed by atoms with Crippen LogP contribution in [0.5, 0.6) is 0 Å². The Balaban J connectivity index is 1.04. The maximum absolute atomic E-state index is 13.7. The first kappa shape index (κ1) is 24.1. The van der Waals surface area contributed by atoms with E-state index in [-0.39, 0.29) is 41.5 Å².